The van der Waals surface area contributed by atoms with E-state index in [0.29, 0.717) is 5.92 Å². The Hall–Kier alpha value is -0.760. The second-order valence-electron chi connectivity index (χ2n) is 3.96. The summed E-state index contributed by atoms with van der Waals surface area (Å²) in [6.07, 6.45) is 3.29. The first-order valence-corrected chi connectivity index (χ1v) is 5.09. The highest BCUT2D eigenvalue weighted by atomic mass is 16.3. The molecule has 1 aliphatic carbocycles. The van der Waals surface area contributed by atoms with Gasteiger partial charge < -0.3 is 10.2 Å². The largest absolute Gasteiger partial charge is 0.465 e. The molecule has 0 amide bonds. The number of hydrogen-bond donors (Lipinski definition) is 1. The van der Waals surface area contributed by atoms with Gasteiger partial charge in [0.1, 0.15) is 11.5 Å². The highest BCUT2D eigenvalue weighted by Crippen LogP contribution is 2.36. The van der Waals surface area contributed by atoms with Crippen molar-refractivity contribution in [3.8, 4) is 0 Å². The van der Waals surface area contributed by atoms with Crippen LogP contribution in [0.3, 0.4) is 0 Å². The normalized spacial score (nSPS) is 23.2. The van der Waals surface area contributed by atoms with Crippen molar-refractivity contribution in [2.45, 2.75) is 45.1 Å². The van der Waals surface area contributed by atoms with Gasteiger partial charge in [0, 0.05) is 18.4 Å². The molecule has 0 spiro atoms. The average Bonchev–Trinajstić information content (AvgIpc) is 2.59. The molecule has 2 atom stereocenters. The minimum absolute atomic E-state index is 0.220. The lowest BCUT2D eigenvalue weighted by Gasteiger charge is -2.12. The Bertz CT molecular complexity index is 301. The van der Waals surface area contributed by atoms with Crippen LogP contribution in [0.4, 0.5) is 0 Å². The lowest BCUT2D eigenvalue weighted by Crippen LogP contribution is -2.22. The first-order valence-electron chi connectivity index (χ1n) is 5.09. The molecular weight excluding hydrogens is 162 g/mol. The van der Waals surface area contributed by atoms with Crippen LogP contribution >= 0.6 is 0 Å². The Balaban J connectivity index is 2.30. The molecule has 2 N–H and O–H groups in total. The van der Waals surface area contributed by atoms with Gasteiger partial charge in [0.25, 0.3) is 0 Å². The zero-order valence-electron chi connectivity index (χ0n) is 8.34. The van der Waals surface area contributed by atoms with Crippen LogP contribution in [0.5, 0.6) is 0 Å². The van der Waals surface area contributed by atoms with Crippen LogP contribution in [0.15, 0.2) is 10.5 Å². The van der Waals surface area contributed by atoms with Crippen molar-refractivity contribution < 1.29 is 4.42 Å². The highest BCUT2D eigenvalue weighted by molar-refractivity contribution is 5.30. The molecule has 72 valence electrons. The summed E-state index contributed by atoms with van der Waals surface area (Å²) in [5.41, 5.74) is 7.29. The number of rotatable bonds is 2. The zero-order chi connectivity index (χ0) is 9.42. The fraction of sp³-hybridized carbons (Fsp3) is 0.636. The van der Waals surface area contributed by atoms with Crippen LogP contribution in [0.2, 0.25) is 0 Å². The quantitative estimate of drug-likeness (QED) is 0.756. The summed E-state index contributed by atoms with van der Waals surface area (Å²) in [4.78, 5) is 0. The van der Waals surface area contributed by atoms with E-state index in [0.717, 1.165) is 30.8 Å². The summed E-state index contributed by atoms with van der Waals surface area (Å²) in [5, 5.41) is 0. The highest BCUT2D eigenvalue weighted by Gasteiger charge is 2.29. The van der Waals surface area contributed by atoms with E-state index in [1.807, 2.05) is 0 Å². The maximum atomic E-state index is 5.90. The monoisotopic (exact) mass is 179 g/mol. The number of fused-ring (bicyclic) bond motifs is 1. The lowest BCUT2D eigenvalue weighted by atomic mass is 10.0. The van der Waals surface area contributed by atoms with Gasteiger partial charge in [-0.1, -0.05) is 6.92 Å². The fourth-order valence-electron chi connectivity index (χ4n) is 2.13. The standard InChI is InChI=1S/C11H17NO/c1-3-9-6-8-4-5-10(7(2)12)11(8)13-9/h6-7,10H,3-5,12H2,1-2H3. The molecule has 2 heteroatoms. The maximum Gasteiger partial charge on any atom is 0.111 e. The van der Waals surface area contributed by atoms with Gasteiger partial charge in [-0.25, -0.2) is 0 Å². The molecule has 1 aliphatic rings. The third-order valence-electron chi connectivity index (χ3n) is 2.94. The van der Waals surface area contributed by atoms with Crippen molar-refractivity contribution in [1.82, 2.24) is 0 Å². The molecule has 1 heterocycles. The molecule has 2 nitrogen and oxygen atoms in total. The number of nitrogens with two attached hydrogens (primary N) is 1. The lowest BCUT2D eigenvalue weighted by molar-refractivity contribution is 0.412. The molecule has 0 aromatic carbocycles. The predicted molar refractivity (Wildman–Crippen MR) is 52.8 cm³/mol. The smallest absolute Gasteiger partial charge is 0.111 e. The molecule has 0 saturated heterocycles. The number of aryl methyl sites for hydroxylation is 2. The first kappa shape index (κ1) is 8.82. The van der Waals surface area contributed by atoms with Crippen LogP contribution in [0.1, 0.15) is 43.3 Å². The van der Waals surface area contributed by atoms with Crippen molar-refractivity contribution in [3.05, 3.63) is 23.2 Å². The van der Waals surface area contributed by atoms with Gasteiger partial charge in [-0.05, 0) is 31.4 Å². The van der Waals surface area contributed by atoms with E-state index in [-0.39, 0.29) is 6.04 Å². The fourth-order valence-corrected chi connectivity index (χ4v) is 2.13. The van der Waals surface area contributed by atoms with Gasteiger partial charge in [-0.15, -0.1) is 0 Å². The van der Waals surface area contributed by atoms with Crippen molar-refractivity contribution in [2.24, 2.45) is 5.73 Å². The van der Waals surface area contributed by atoms with Crippen LogP contribution in [0, 0.1) is 0 Å². The van der Waals surface area contributed by atoms with Crippen molar-refractivity contribution in [3.63, 3.8) is 0 Å². The zero-order valence-corrected chi connectivity index (χ0v) is 8.34. The second-order valence-corrected chi connectivity index (χ2v) is 3.96. The van der Waals surface area contributed by atoms with Gasteiger partial charge in [0.05, 0.1) is 0 Å². The molecule has 0 saturated carbocycles. The van der Waals surface area contributed by atoms with Gasteiger partial charge in [0.15, 0.2) is 0 Å². The summed E-state index contributed by atoms with van der Waals surface area (Å²) in [6.45, 7) is 4.18. The molecule has 0 bridgehead atoms. The molecule has 0 fully saturated rings. The Morgan fingerprint density at radius 1 is 1.69 bits per heavy atom. The third-order valence-corrected chi connectivity index (χ3v) is 2.94. The van der Waals surface area contributed by atoms with E-state index in [2.05, 4.69) is 19.9 Å². The van der Waals surface area contributed by atoms with Gasteiger partial charge in [0.2, 0.25) is 0 Å². The molecule has 0 aliphatic heterocycles. The summed E-state index contributed by atoms with van der Waals surface area (Å²) >= 11 is 0. The second kappa shape index (κ2) is 3.18. The Kier molecular flexibility index (Phi) is 2.16. The van der Waals surface area contributed by atoms with Crippen molar-refractivity contribution in [1.29, 1.82) is 0 Å². The van der Waals surface area contributed by atoms with Gasteiger partial charge in [-0.3, -0.25) is 0 Å². The van der Waals surface area contributed by atoms with E-state index in [9.17, 15) is 0 Å². The minimum Gasteiger partial charge on any atom is -0.465 e. The SMILES string of the molecule is CCc1cc2c(o1)C(C(C)N)CC2. The van der Waals surface area contributed by atoms with Crippen LogP contribution in [0.25, 0.3) is 0 Å². The summed E-state index contributed by atoms with van der Waals surface area (Å²) < 4.78 is 5.77. The summed E-state index contributed by atoms with van der Waals surface area (Å²) in [5.74, 6) is 2.72. The summed E-state index contributed by atoms with van der Waals surface area (Å²) in [7, 11) is 0. The predicted octanol–water partition coefficient (Wildman–Crippen LogP) is 2.22. The Morgan fingerprint density at radius 3 is 3.08 bits per heavy atom. The van der Waals surface area contributed by atoms with Crippen molar-refractivity contribution in [2.75, 3.05) is 0 Å². The maximum absolute atomic E-state index is 5.90. The first-order chi connectivity index (χ1) is 6.22. The molecule has 1 aromatic rings. The molecule has 0 radical (unpaired) electrons. The van der Waals surface area contributed by atoms with Crippen molar-refractivity contribution >= 4 is 0 Å². The van der Waals surface area contributed by atoms with Gasteiger partial charge >= 0.3 is 0 Å². The third kappa shape index (κ3) is 1.39. The van der Waals surface area contributed by atoms with E-state index >= 15 is 0 Å². The number of hydrogen-bond acceptors (Lipinski definition) is 2. The van der Waals surface area contributed by atoms with Gasteiger partial charge in [-0.2, -0.15) is 0 Å². The molecular formula is C11H17NO. The summed E-state index contributed by atoms with van der Waals surface area (Å²) in [6, 6.07) is 2.41. The van der Waals surface area contributed by atoms with E-state index in [4.69, 9.17) is 10.2 Å². The molecule has 2 rings (SSSR count). The average molecular weight is 179 g/mol. The molecule has 13 heavy (non-hydrogen) atoms. The van der Waals surface area contributed by atoms with E-state index < -0.39 is 0 Å². The van der Waals surface area contributed by atoms with E-state index in [1.165, 1.54) is 5.56 Å². The van der Waals surface area contributed by atoms with E-state index in [1.54, 1.807) is 0 Å². The van der Waals surface area contributed by atoms with Crippen LogP contribution < -0.4 is 5.73 Å². The molecule has 2 unspecified atom stereocenters. The van der Waals surface area contributed by atoms with Crippen LogP contribution in [-0.2, 0) is 12.8 Å². The molecule has 1 aromatic heterocycles. The van der Waals surface area contributed by atoms with Crippen LogP contribution in [-0.4, -0.2) is 6.04 Å². The topological polar surface area (TPSA) is 39.2 Å². The minimum atomic E-state index is 0.220. The number of furan rings is 1. The Labute approximate surface area is 79.1 Å². The Morgan fingerprint density at radius 2 is 2.46 bits per heavy atom.